The van der Waals surface area contributed by atoms with Gasteiger partial charge in [0.2, 0.25) is 0 Å². The first-order valence-corrected chi connectivity index (χ1v) is 11.6. The summed E-state index contributed by atoms with van der Waals surface area (Å²) in [6, 6.07) is 17.0. The molecule has 0 radical (unpaired) electrons. The summed E-state index contributed by atoms with van der Waals surface area (Å²) in [7, 11) is 4.28. The summed E-state index contributed by atoms with van der Waals surface area (Å²) in [5, 5.41) is 19.8. The van der Waals surface area contributed by atoms with Gasteiger partial charge in [-0.05, 0) is 72.1 Å². The monoisotopic (exact) mass is 523 g/mol. The van der Waals surface area contributed by atoms with E-state index in [1.807, 2.05) is 0 Å². The Hall–Kier alpha value is -4.08. The number of hydrogen-bond donors (Lipinski definition) is 3. The van der Waals surface area contributed by atoms with E-state index >= 15 is 0 Å². The maximum Gasteiger partial charge on any atom is 0.427 e. The van der Waals surface area contributed by atoms with Crippen molar-refractivity contribution in [2.75, 3.05) is 26.6 Å². The van der Waals surface area contributed by atoms with Gasteiger partial charge in [0, 0.05) is 10.6 Å². The summed E-state index contributed by atoms with van der Waals surface area (Å²) in [4.78, 5) is 25.6. The number of benzene rings is 3. The molecule has 0 saturated heterocycles. The molecule has 1 heterocycles. The highest BCUT2D eigenvalue weighted by atomic mass is 35.5. The molecule has 3 N–H and O–H groups in total. The molecule has 1 aliphatic rings. The Balaban J connectivity index is 2.00. The number of fused-ring (bicyclic) bond motifs is 1. The van der Waals surface area contributed by atoms with Crippen LogP contribution in [0.5, 0.6) is 11.5 Å². The van der Waals surface area contributed by atoms with Crippen molar-refractivity contribution < 1.29 is 28.9 Å². The van der Waals surface area contributed by atoms with Crippen molar-refractivity contribution in [2.24, 2.45) is 5.10 Å². The summed E-state index contributed by atoms with van der Waals surface area (Å²) < 4.78 is 15.3. The number of methoxy groups -OCH3 is 3. The van der Waals surface area contributed by atoms with E-state index in [0.717, 1.165) is 0 Å². The van der Waals surface area contributed by atoms with Gasteiger partial charge in [-0.1, -0.05) is 23.7 Å². The molecule has 1 aliphatic heterocycles. The fourth-order valence-corrected chi connectivity index (χ4v) is 4.70. The van der Waals surface area contributed by atoms with Crippen molar-refractivity contribution in [3.8, 4) is 11.5 Å². The maximum absolute atomic E-state index is 13.6. The van der Waals surface area contributed by atoms with E-state index in [-0.39, 0.29) is 5.71 Å². The molecule has 2 atom stereocenters. The van der Waals surface area contributed by atoms with E-state index < -0.39 is 23.5 Å². The molecule has 0 aliphatic carbocycles. The highest BCUT2D eigenvalue weighted by molar-refractivity contribution is 6.31. The number of halogens is 1. The van der Waals surface area contributed by atoms with Crippen molar-refractivity contribution in [1.29, 1.82) is 0 Å². The van der Waals surface area contributed by atoms with Crippen molar-refractivity contribution >= 4 is 35.0 Å². The van der Waals surface area contributed by atoms with Crippen molar-refractivity contribution in [3.63, 3.8) is 0 Å². The Kier molecular flexibility index (Phi) is 7.37. The average molecular weight is 524 g/mol. The van der Waals surface area contributed by atoms with E-state index in [1.54, 1.807) is 67.6 Å². The number of amides is 2. The third kappa shape index (κ3) is 4.83. The average Bonchev–Trinajstić information content (AvgIpc) is 3.17. The summed E-state index contributed by atoms with van der Waals surface area (Å²) >= 11 is 6.36. The molecule has 0 bridgehead atoms. The van der Waals surface area contributed by atoms with E-state index in [2.05, 4.69) is 15.8 Å². The predicted molar refractivity (Wildman–Crippen MR) is 140 cm³/mol. The van der Waals surface area contributed by atoms with Crippen LogP contribution in [-0.4, -0.2) is 44.1 Å². The van der Waals surface area contributed by atoms with Gasteiger partial charge in [-0.2, -0.15) is 5.10 Å². The fourth-order valence-electron chi connectivity index (χ4n) is 4.43. The van der Waals surface area contributed by atoms with Crippen LogP contribution in [0, 0.1) is 6.92 Å². The highest BCUT2D eigenvalue weighted by Gasteiger charge is 2.54. The summed E-state index contributed by atoms with van der Waals surface area (Å²) in [5.41, 5.74) is 2.89. The number of anilines is 1. The predicted octanol–water partition coefficient (Wildman–Crippen LogP) is 4.35. The Bertz CT molecular complexity index is 1360. The molecule has 0 aromatic heterocycles. The summed E-state index contributed by atoms with van der Waals surface area (Å²) in [6.45, 7) is 1.79. The molecule has 2 amide bonds. The minimum atomic E-state index is -2.14. The normalized spacial score (nSPS) is 17.5. The van der Waals surface area contributed by atoms with Crippen LogP contribution in [0.1, 0.15) is 28.2 Å². The number of hydrogen-bond acceptors (Lipinski definition) is 7. The fraction of sp³-hybridized carbons (Fsp3) is 0.222. The number of carbonyl (C=O) groups is 2. The molecule has 3 aromatic rings. The smallest absolute Gasteiger partial charge is 0.427 e. The second-order valence-corrected chi connectivity index (χ2v) is 8.84. The van der Waals surface area contributed by atoms with Crippen LogP contribution in [0.2, 0.25) is 5.02 Å². The Morgan fingerprint density at radius 1 is 1.03 bits per heavy atom. The largest absolute Gasteiger partial charge is 0.497 e. The molecule has 3 aromatic carbocycles. The van der Waals surface area contributed by atoms with Crippen LogP contribution in [0.25, 0.3) is 0 Å². The Morgan fingerprint density at radius 3 is 2.19 bits per heavy atom. The Labute approximate surface area is 219 Å². The van der Waals surface area contributed by atoms with Crippen LogP contribution in [-0.2, 0) is 15.1 Å². The topological polar surface area (TPSA) is 118 Å². The molecule has 9 nitrogen and oxygen atoms in total. The summed E-state index contributed by atoms with van der Waals surface area (Å²) in [5.74, 6) is -0.577. The van der Waals surface area contributed by atoms with Gasteiger partial charge in [-0.25, -0.2) is 10.2 Å². The number of ether oxygens (including phenoxy) is 3. The first-order chi connectivity index (χ1) is 17.7. The molecule has 192 valence electrons. The zero-order valence-electron chi connectivity index (χ0n) is 20.7. The van der Waals surface area contributed by atoms with Gasteiger partial charge in [0.1, 0.15) is 11.5 Å². The number of aryl methyl sites for hydroxylation is 1. The molecule has 0 spiro atoms. The molecule has 4 rings (SSSR count). The molecule has 0 saturated carbocycles. The van der Waals surface area contributed by atoms with Crippen LogP contribution >= 0.6 is 11.6 Å². The first kappa shape index (κ1) is 26.0. The molecular weight excluding hydrogens is 498 g/mol. The standard InChI is InChI=1S/C27H26ClN3O6/c1-15-13-18(28)14-21-23(15)29-25(32)27(21,34)22(16-5-9-19(35-2)10-6-16)24(30-31-26(33)37-4)17-7-11-20(36-3)12-8-17/h5-14,22,34H,1-4H3,(H,29,32)(H,31,33)/b30-24-/t22-,27-/m0/s1. The zero-order valence-corrected chi connectivity index (χ0v) is 21.4. The first-order valence-electron chi connectivity index (χ1n) is 11.3. The van der Waals surface area contributed by atoms with Crippen LogP contribution in [0.4, 0.5) is 10.5 Å². The lowest BCUT2D eigenvalue weighted by atomic mass is 9.73. The van der Waals surface area contributed by atoms with Crippen LogP contribution in [0.3, 0.4) is 0 Å². The van der Waals surface area contributed by atoms with Crippen molar-refractivity contribution in [1.82, 2.24) is 5.43 Å². The number of carbonyl (C=O) groups excluding carboxylic acids is 2. The lowest BCUT2D eigenvalue weighted by Gasteiger charge is -2.33. The van der Waals surface area contributed by atoms with Gasteiger partial charge in [0.25, 0.3) is 5.91 Å². The molecular formula is C27H26ClN3O6. The van der Waals surface area contributed by atoms with Crippen molar-refractivity contribution in [3.05, 3.63) is 87.9 Å². The molecule has 0 fully saturated rings. The van der Waals surface area contributed by atoms with Gasteiger partial charge in [-0.15, -0.1) is 0 Å². The van der Waals surface area contributed by atoms with Gasteiger partial charge < -0.3 is 24.6 Å². The second-order valence-electron chi connectivity index (χ2n) is 8.40. The SMILES string of the molecule is COC(=O)N/N=C(/c1ccc(OC)cc1)[C@H](c1ccc(OC)cc1)[C@]1(O)C(=O)Nc2c(C)cc(Cl)cc21. The number of rotatable bonds is 7. The van der Waals surface area contributed by atoms with E-state index in [1.165, 1.54) is 21.3 Å². The third-order valence-corrected chi connectivity index (χ3v) is 6.49. The van der Waals surface area contributed by atoms with Gasteiger partial charge in [-0.3, -0.25) is 4.79 Å². The number of nitrogens with one attached hydrogen (secondary N) is 2. The minimum Gasteiger partial charge on any atom is -0.497 e. The van der Waals surface area contributed by atoms with Crippen LogP contribution < -0.4 is 20.2 Å². The number of hydrazone groups is 1. The lowest BCUT2D eigenvalue weighted by molar-refractivity contribution is -0.134. The number of aliphatic hydroxyl groups is 1. The van der Waals surface area contributed by atoms with E-state index in [9.17, 15) is 14.7 Å². The summed E-state index contributed by atoms with van der Waals surface area (Å²) in [6.07, 6.45) is -0.818. The van der Waals surface area contributed by atoms with Crippen molar-refractivity contribution in [2.45, 2.75) is 18.4 Å². The van der Waals surface area contributed by atoms with Gasteiger partial charge in [0.05, 0.1) is 38.6 Å². The third-order valence-electron chi connectivity index (χ3n) is 6.27. The van der Waals surface area contributed by atoms with Crippen LogP contribution in [0.15, 0.2) is 65.8 Å². The van der Waals surface area contributed by atoms with Gasteiger partial charge in [0.15, 0.2) is 5.60 Å². The molecule has 10 heteroatoms. The van der Waals surface area contributed by atoms with E-state index in [4.69, 9.17) is 25.8 Å². The second kappa shape index (κ2) is 10.5. The van der Waals surface area contributed by atoms with Gasteiger partial charge >= 0.3 is 6.09 Å². The minimum absolute atomic E-state index is 0.196. The Morgan fingerprint density at radius 2 is 1.62 bits per heavy atom. The zero-order chi connectivity index (χ0) is 26.7. The highest BCUT2D eigenvalue weighted by Crippen LogP contribution is 2.49. The molecule has 0 unspecified atom stereocenters. The lowest BCUT2D eigenvalue weighted by Crippen LogP contribution is -2.44. The maximum atomic E-state index is 13.6. The quantitative estimate of drug-likeness (QED) is 0.313. The van der Waals surface area contributed by atoms with E-state index in [0.29, 0.717) is 44.5 Å². The number of nitrogens with zero attached hydrogens (tertiary/aromatic N) is 1. The molecule has 37 heavy (non-hydrogen) atoms.